The predicted molar refractivity (Wildman–Crippen MR) is 55.6 cm³/mol. The van der Waals surface area contributed by atoms with Crippen molar-refractivity contribution in [2.45, 2.75) is 51.6 Å². The van der Waals surface area contributed by atoms with Crippen molar-refractivity contribution >= 4 is 0 Å². The number of hydrogen-bond donors (Lipinski definition) is 1. The van der Waals surface area contributed by atoms with E-state index >= 15 is 0 Å². The van der Waals surface area contributed by atoms with Crippen molar-refractivity contribution < 1.29 is 0 Å². The summed E-state index contributed by atoms with van der Waals surface area (Å²) in [5, 5.41) is 0. The summed E-state index contributed by atoms with van der Waals surface area (Å²) in [6.07, 6.45) is 5.29. The van der Waals surface area contributed by atoms with E-state index in [4.69, 9.17) is 5.73 Å². The number of nitrogens with zero attached hydrogens (tertiary/aromatic N) is 1. The molecule has 1 spiro atoms. The normalized spacial score (nSPS) is 41.1. The second kappa shape index (κ2) is 3.25. The predicted octanol–water partition coefficient (Wildman–Crippen LogP) is 1.60. The van der Waals surface area contributed by atoms with E-state index in [0.717, 1.165) is 6.04 Å². The fraction of sp³-hybridized carbons (Fsp3) is 1.00. The van der Waals surface area contributed by atoms with E-state index in [1.54, 1.807) is 0 Å². The number of rotatable bonds is 1. The maximum atomic E-state index is 5.99. The molecule has 0 aromatic heterocycles. The van der Waals surface area contributed by atoms with Crippen molar-refractivity contribution in [2.75, 3.05) is 13.1 Å². The standard InChI is InChI=1S/C11H22N2/c1-9(2)13-6-5-11(8-13)4-3-10(12)7-11/h9-10H,3-8,12H2,1-2H3/t10-,11+/m1/s1. The molecule has 0 unspecified atom stereocenters. The molecule has 0 bridgehead atoms. The topological polar surface area (TPSA) is 29.3 Å². The van der Waals surface area contributed by atoms with Crippen molar-refractivity contribution in [3.8, 4) is 0 Å². The van der Waals surface area contributed by atoms with E-state index in [2.05, 4.69) is 18.7 Å². The first kappa shape index (κ1) is 9.47. The van der Waals surface area contributed by atoms with Gasteiger partial charge in [-0.2, -0.15) is 0 Å². The quantitative estimate of drug-likeness (QED) is 0.667. The summed E-state index contributed by atoms with van der Waals surface area (Å²) in [5.74, 6) is 0. The number of nitrogens with two attached hydrogens (primary N) is 1. The van der Waals surface area contributed by atoms with Crippen LogP contribution in [0, 0.1) is 5.41 Å². The van der Waals surface area contributed by atoms with Crippen LogP contribution in [0.2, 0.25) is 0 Å². The van der Waals surface area contributed by atoms with E-state index in [1.165, 1.54) is 38.8 Å². The highest BCUT2D eigenvalue weighted by Gasteiger charge is 2.43. The summed E-state index contributed by atoms with van der Waals surface area (Å²) in [7, 11) is 0. The Morgan fingerprint density at radius 1 is 1.38 bits per heavy atom. The van der Waals surface area contributed by atoms with E-state index in [1.807, 2.05) is 0 Å². The molecule has 2 nitrogen and oxygen atoms in total. The van der Waals surface area contributed by atoms with Crippen LogP contribution in [0.1, 0.15) is 39.5 Å². The molecule has 0 aromatic carbocycles. The Morgan fingerprint density at radius 2 is 2.15 bits per heavy atom. The van der Waals surface area contributed by atoms with E-state index < -0.39 is 0 Å². The van der Waals surface area contributed by atoms with Crippen molar-refractivity contribution in [1.29, 1.82) is 0 Å². The third-order valence-electron chi connectivity index (χ3n) is 3.94. The van der Waals surface area contributed by atoms with Crippen LogP contribution >= 0.6 is 0 Å². The molecule has 1 aliphatic heterocycles. The van der Waals surface area contributed by atoms with Crippen molar-refractivity contribution in [3.63, 3.8) is 0 Å². The van der Waals surface area contributed by atoms with Gasteiger partial charge in [0.15, 0.2) is 0 Å². The highest BCUT2D eigenvalue weighted by atomic mass is 15.2. The van der Waals surface area contributed by atoms with Gasteiger partial charge in [0.25, 0.3) is 0 Å². The Bertz CT molecular complexity index is 191. The van der Waals surface area contributed by atoms with Gasteiger partial charge in [0.05, 0.1) is 0 Å². The molecule has 2 aliphatic rings. The van der Waals surface area contributed by atoms with Gasteiger partial charge in [-0.05, 0) is 51.5 Å². The van der Waals surface area contributed by atoms with Crippen LogP contribution in [0.4, 0.5) is 0 Å². The number of likely N-dealkylation sites (tertiary alicyclic amines) is 1. The van der Waals surface area contributed by atoms with Crippen molar-refractivity contribution in [3.05, 3.63) is 0 Å². The molecule has 1 saturated heterocycles. The van der Waals surface area contributed by atoms with Gasteiger partial charge in [-0.3, -0.25) is 0 Å². The molecule has 2 fully saturated rings. The maximum Gasteiger partial charge on any atom is 0.00448 e. The second-order valence-electron chi connectivity index (χ2n) is 5.32. The second-order valence-corrected chi connectivity index (χ2v) is 5.32. The molecule has 1 saturated carbocycles. The summed E-state index contributed by atoms with van der Waals surface area (Å²) in [5.41, 5.74) is 6.61. The first-order valence-corrected chi connectivity index (χ1v) is 5.61. The highest BCUT2D eigenvalue weighted by molar-refractivity contribution is 4.97. The zero-order chi connectivity index (χ0) is 9.47. The first-order chi connectivity index (χ1) is 6.11. The Morgan fingerprint density at radius 3 is 2.62 bits per heavy atom. The first-order valence-electron chi connectivity index (χ1n) is 5.61. The molecule has 0 amide bonds. The lowest BCUT2D eigenvalue weighted by Crippen LogP contribution is -2.31. The zero-order valence-electron chi connectivity index (χ0n) is 8.92. The highest BCUT2D eigenvalue weighted by Crippen LogP contribution is 2.45. The number of hydrogen-bond acceptors (Lipinski definition) is 2. The molecule has 2 atom stereocenters. The summed E-state index contributed by atoms with van der Waals surface area (Å²) < 4.78 is 0. The minimum Gasteiger partial charge on any atom is -0.328 e. The van der Waals surface area contributed by atoms with Crippen LogP contribution in [-0.2, 0) is 0 Å². The summed E-state index contributed by atoms with van der Waals surface area (Å²) >= 11 is 0. The fourth-order valence-electron chi connectivity index (χ4n) is 3.03. The minimum atomic E-state index is 0.493. The van der Waals surface area contributed by atoms with Gasteiger partial charge in [0.2, 0.25) is 0 Å². The Labute approximate surface area is 81.5 Å². The van der Waals surface area contributed by atoms with Crippen LogP contribution in [0.15, 0.2) is 0 Å². The van der Waals surface area contributed by atoms with Crippen molar-refractivity contribution in [2.24, 2.45) is 11.1 Å². The van der Waals surface area contributed by atoms with E-state index in [-0.39, 0.29) is 0 Å². The zero-order valence-corrected chi connectivity index (χ0v) is 8.92. The lowest BCUT2D eigenvalue weighted by Gasteiger charge is -2.26. The molecule has 76 valence electrons. The van der Waals surface area contributed by atoms with Gasteiger partial charge in [0, 0.05) is 18.6 Å². The monoisotopic (exact) mass is 182 g/mol. The van der Waals surface area contributed by atoms with Crippen LogP contribution in [0.5, 0.6) is 0 Å². The minimum absolute atomic E-state index is 0.493. The third kappa shape index (κ3) is 1.75. The Kier molecular flexibility index (Phi) is 2.37. The third-order valence-corrected chi connectivity index (χ3v) is 3.94. The maximum absolute atomic E-state index is 5.99. The average molecular weight is 182 g/mol. The van der Waals surface area contributed by atoms with Crippen LogP contribution in [0.3, 0.4) is 0 Å². The molecule has 2 heteroatoms. The SMILES string of the molecule is CC(C)N1CC[C@]2(CC[C@@H](N)C2)C1. The molecule has 2 N–H and O–H groups in total. The molecular weight excluding hydrogens is 160 g/mol. The summed E-state index contributed by atoms with van der Waals surface area (Å²) in [4.78, 5) is 2.61. The van der Waals surface area contributed by atoms with Gasteiger partial charge in [0.1, 0.15) is 0 Å². The fourth-order valence-corrected chi connectivity index (χ4v) is 3.03. The van der Waals surface area contributed by atoms with Gasteiger partial charge in [-0.25, -0.2) is 0 Å². The summed E-state index contributed by atoms with van der Waals surface area (Å²) in [6, 6.07) is 1.21. The van der Waals surface area contributed by atoms with Crippen LogP contribution in [0.25, 0.3) is 0 Å². The van der Waals surface area contributed by atoms with Crippen molar-refractivity contribution in [1.82, 2.24) is 4.90 Å². The lowest BCUT2D eigenvalue weighted by molar-refractivity contribution is 0.224. The van der Waals surface area contributed by atoms with Gasteiger partial charge >= 0.3 is 0 Å². The molecule has 1 aliphatic carbocycles. The Balaban J connectivity index is 1.97. The van der Waals surface area contributed by atoms with E-state index in [9.17, 15) is 0 Å². The van der Waals surface area contributed by atoms with Gasteiger partial charge in [-0.15, -0.1) is 0 Å². The Hall–Kier alpha value is -0.0800. The molecule has 13 heavy (non-hydrogen) atoms. The molecular formula is C11H22N2. The van der Waals surface area contributed by atoms with E-state index in [0.29, 0.717) is 11.5 Å². The largest absolute Gasteiger partial charge is 0.328 e. The lowest BCUT2D eigenvalue weighted by atomic mass is 9.85. The summed E-state index contributed by atoms with van der Waals surface area (Å²) in [6.45, 7) is 7.20. The van der Waals surface area contributed by atoms with Gasteiger partial charge in [-0.1, -0.05) is 0 Å². The van der Waals surface area contributed by atoms with Crippen LogP contribution < -0.4 is 5.73 Å². The molecule has 0 radical (unpaired) electrons. The van der Waals surface area contributed by atoms with Gasteiger partial charge < -0.3 is 10.6 Å². The average Bonchev–Trinajstić information content (AvgIpc) is 2.61. The molecule has 0 aromatic rings. The molecule has 2 rings (SSSR count). The molecule has 1 heterocycles. The van der Waals surface area contributed by atoms with Crippen LogP contribution in [-0.4, -0.2) is 30.1 Å². The smallest absolute Gasteiger partial charge is 0.00448 e.